The highest BCUT2D eigenvalue weighted by atomic mass is 35.5. The van der Waals surface area contributed by atoms with Crippen LogP contribution in [0.15, 0.2) is 0 Å². The molecular formula is C8H16Cl2O. The SMILES string of the molecule is CCCC(Cl)C(Cl)CCCO. The van der Waals surface area contributed by atoms with Crippen molar-refractivity contribution in [2.75, 3.05) is 6.61 Å². The van der Waals surface area contributed by atoms with Gasteiger partial charge >= 0.3 is 0 Å². The van der Waals surface area contributed by atoms with E-state index in [1.165, 1.54) is 0 Å². The smallest absolute Gasteiger partial charge is 0.0500 e. The van der Waals surface area contributed by atoms with Crippen LogP contribution in [0.25, 0.3) is 0 Å². The molecule has 0 radical (unpaired) electrons. The second-order valence-electron chi connectivity index (χ2n) is 2.69. The Kier molecular flexibility index (Phi) is 7.56. The second-order valence-corrected chi connectivity index (χ2v) is 3.81. The highest BCUT2D eigenvalue weighted by Crippen LogP contribution is 2.19. The Morgan fingerprint density at radius 3 is 2.18 bits per heavy atom. The average molecular weight is 199 g/mol. The molecule has 0 heterocycles. The molecule has 0 aliphatic heterocycles. The van der Waals surface area contributed by atoms with Crippen LogP contribution in [0.4, 0.5) is 0 Å². The molecule has 0 amide bonds. The van der Waals surface area contributed by atoms with Gasteiger partial charge in [-0.1, -0.05) is 13.3 Å². The van der Waals surface area contributed by atoms with Crippen LogP contribution in [0, 0.1) is 0 Å². The van der Waals surface area contributed by atoms with Gasteiger partial charge in [-0.15, -0.1) is 23.2 Å². The van der Waals surface area contributed by atoms with E-state index in [0.29, 0.717) is 0 Å². The van der Waals surface area contributed by atoms with Gasteiger partial charge in [-0.25, -0.2) is 0 Å². The Labute approximate surface area is 78.7 Å². The number of rotatable bonds is 6. The molecule has 0 aromatic rings. The summed E-state index contributed by atoms with van der Waals surface area (Å²) in [6, 6.07) is 0. The third-order valence-corrected chi connectivity index (χ3v) is 2.77. The first-order chi connectivity index (χ1) is 5.22. The molecule has 1 nitrogen and oxygen atoms in total. The van der Waals surface area contributed by atoms with Gasteiger partial charge in [0.2, 0.25) is 0 Å². The first-order valence-corrected chi connectivity index (χ1v) is 4.98. The number of halogens is 2. The van der Waals surface area contributed by atoms with Gasteiger partial charge in [-0.05, 0) is 19.3 Å². The van der Waals surface area contributed by atoms with Crippen molar-refractivity contribution in [2.24, 2.45) is 0 Å². The van der Waals surface area contributed by atoms with Crippen LogP contribution in [0.1, 0.15) is 32.6 Å². The molecule has 0 spiro atoms. The minimum absolute atomic E-state index is 0.0174. The highest BCUT2D eigenvalue weighted by Gasteiger charge is 2.14. The Morgan fingerprint density at radius 1 is 1.18 bits per heavy atom. The lowest BCUT2D eigenvalue weighted by Gasteiger charge is -2.13. The lowest BCUT2D eigenvalue weighted by atomic mass is 10.1. The number of hydrogen-bond donors (Lipinski definition) is 1. The molecule has 0 fully saturated rings. The Bertz CT molecular complexity index is 88.2. The third-order valence-electron chi connectivity index (χ3n) is 1.59. The molecule has 0 bridgehead atoms. The summed E-state index contributed by atoms with van der Waals surface area (Å²) in [5, 5.41) is 8.61. The summed E-state index contributed by atoms with van der Waals surface area (Å²) in [5.74, 6) is 0. The van der Waals surface area contributed by atoms with E-state index in [0.717, 1.165) is 25.7 Å². The number of hydrogen-bond acceptors (Lipinski definition) is 1. The molecule has 0 saturated heterocycles. The van der Waals surface area contributed by atoms with Crippen molar-refractivity contribution in [3.8, 4) is 0 Å². The fourth-order valence-electron chi connectivity index (χ4n) is 0.924. The van der Waals surface area contributed by atoms with Crippen LogP contribution in [-0.2, 0) is 0 Å². The largest absolute Gasteiger partial charge is 0.396 e. The molecule has 0 aromatic carbocycles. The van der Waals surface area contributed by atoms with Crippen LogP contribution in [0.2, 0.25) is 0 Å². The monoisotopic (exact) mass is 198 g/mol. The van der Waals surface area contributed by atoms with E-state index in [2.05, 4.69) is 6.92 Å². The van der Waals surface area contributed by atoms with Gasteiger partial charge in [0, 0.05) is 12.0 Å². The molecule has 0 aromatic heterocycles. The van der Waals surface area contributed by atoms with Gasteiger partial charge in [-0.3, -0.25) is 0 Å². The van der Waals surface area contributed by atoms with E-state index in [9.17, 15) is 0 Å². The van der Waals surface area contributed by atoms with Crippen LogP contribution >= 0.6 is 23.2 Å². The van der Waals surface area contributed by atoms with Gasteiger partial charge in [0.05, 0.1) is 5.38 Å². The van der Waals surface area contributed by atoms with E-state index < -0.39 is 0 Å². The maximum Gasteiger partial charge on any atom is 0.0500 e. The Morgan fingerprint density at radius 2 is 1.73 bits per heavy atom. The molecule has 3 heteroatoms. The predicted octanol–water partition coefficient (Wildman–Crippen LogP) is 2.77. The van der Waals surface area contributed by atoms with Crippen molar-refractivity contribution in [1.82, 2.24) is 0 Å². The summed E-state index contributed by atoms with van der Waals surface area (Å²) >= 11 is 11.9. The second kappa shape index (κ2) is 7.20. The summed E-state index contributed by atoms with van der Waals surface area (Å²) in [6.45, 7) is 2.30. The Hall–Kier alpha value is 0.540. The maximum absolute atomic E-state index is 8.53. The normalized spacial score (nSPS) is 16.4. The summed E-state index contributed by atoms with van der Waals surface area (Å²) in [7, 11) is 0. The van der Waals surface area contributed by atoms with Crippen molar-refractivity contribution in [1.29, 1.82) is 0 Å². The summed E-state index contributed by atoms with van der Waals surface area (Å²) in [5.41, 5.74) is 0. The first-order valence-electron chi connectivity index (χ1n) is 4.11. The van der Waals surface area contributed by atoms with Crippen LogP contribution < -0.4 is 0 Å². The van der Waals surface area contributed by atoms with Crippen LogP contribution in [0.3, 0.4) is 0 Å². The molecule has 0 saturated carbocycles. The van der Waals surface area contributed by atoms with Gasteiger partial charge in [-0.2, -0.15) is 0 Å². The summed E-state index contributed by atoms with van der Waals surface area (Å²) in [6.07, 6.45) is 3.59. The quantitative estimate of drug-likeness (QED) is 0.652. The van der Waals surface area contributed by atoms with Gasteiger partial charge < -0.3 is 5.11 Å². The Balaban J connectivity index is 3.38. The lowest BCUT2D eigenvalue weighted by Crippen LogP contribution is -2.14. The molecular weight excluding hydrogens is 183 g/mol. The van der Waals surface area contributed by atoms with Crippen molar-refractivity contribution in [3.63, 3.8) is 0 Å². The third kappa shape index (κ3) is 5.77. The molecule has 0 rings (SSSR count). The van der Waals surface area contributed by atoms with Crippen molar-refractivity contribution >= 4 is 23.2 Å². The van der Waals surface area contributed by atoms with Crippen LogP contribution in [-0.4, -0.2) is 22.5 Å². The topological polar surface area (TPSA) is 20.2 Å². The fourth-order valence-corrected chi connectivity index (χ4v) is 1.55. The van der Waals surface area contributed by atoms with E-state index in [4.69, 9.17) is 28.3 Å². The van der Waals surface area contributed by atoms with E-state index in [-0.39, 0.29) is 17.4 Å². The van der Waals surface area contributed by atoms with Crippen molar-refractivity contribution in [3.05, 3.63) is 0 Å². The number of aliphatic hydroxyl groups excluding tert-OH is 1. The standard InChI is InChI=1S/C8H16Cl2O/c1-2-4-7(9)8(10)5-3-6-11/h7-8,11H,2-6H2,1H3. The highest BCUT2D eigenvalue weighted by molar-refractivity contribution is 6.29. The zero-order chi connectivity index (χ0) is 8.69. The number of alkyl halides is 2. The van der Waals surface area contributed by atoms with Crippen molar-refractivity contribution < 1.29 is 5.11 Å². The lowest BCUT2D eigenvalue weighted by molar-refractivity contribution is 0.283. The molecule has 11 heavy (non-hydrogen) atoms. The minimum atomic E-state index is 0.0174. The molecule has 0 aliphatic carbocycles. The minimum Gasteiger partial charge on any atom is -0.396 e. The van der Waals surface area contributed by atoms with Gasteiger partial charge in [0.1, 0.15) is 0 Å². The van der Waals surface area contributed by atoms with Crippen molar-refractivity contribution in [2.45, 2.75) is 43.4 Å². The summed E-state index contributed by atoms with van der Waals surface area (Å²) in [4.78, 5) is 0. The molecule has 2 atom stereocenters. The van der Waals surface area contributed by atoms with Gasteiger partial charge in [0.25, 0.3) is 0 Å². The van der Waals surface area contributed by atoms with Crippen LogP contribution in [0.5, 0.6) is 0 Å². The molecule has 1 N–H and O–H groups in total. The maximum atomic E-state index is 8.53. The molecule has 0 aliphatic rings. The molecule has 2 unspecified atom stereocenters. The first kappa shape index (κ1) is 11.5. The van der Waals surface area contributed by atoms with E-state index >= 15 is 0 Å². The predicted molar refractivity (Wildman–Crippen MR) is 50.5 cm³/mol. The average Bonchev–Trinajstić information content (AvgIpc) is 2.00. The molecule has 68 valence electrons. The zero-order valence-electron chi connectivity index (χ0n) is 6.89. The number of aliphatic hydroxyl groups is 1. The summed E-state index contributed by atoms with van der Waals surface area (Å²) < 4.78 is 0. The van der Waals surface area contributed by atoms with Gasteiger partial charge in [0.15, 0.2) is 0 Å². The van der Waals surface area contributed by atoms with E-state index in [1.807, 2.05) is 0 Å². The van der Waals surface area contributed by atoms with E-state index in [1.54, 1.807) is 0 Å². The zero-order valence-corrected chi connectivity index (χ0v) is 8.41. The fraction of sp³-hybridized carbons (Fsp3) is 1.00.